The monoisotopic (exact) mass is 380 g/mol. The molecular weight excluding hydrogens is 375 g/mol. The number of pyridine rings is 1. The summed E-state index contributed by atoms with van der Waals surface area (Å²) in [6.07, 6.45) is 1.32. The van der Waals surface area contributed by atoms with E-state index in [9.17, 15) is 8.42 Å². The predicted molar refractivity (Wildman–Crippen MR) is 79.2 cm³/mol. The maximum Gasteiger partial charge on any atom is 0.262 e. The molecule has 0 spiro atoms. The highest BCUT2D eigenvalue weighted by Gasteiger charge is 2.16. The summed E-state index contributed by atoms with van der Waals surface area (Å²) in [5, 5.41) is 0.398. The van der Waals surface area contributed by atoms with E-state index in [1.165, 1.54) is 18.3 Å². The molecule has 0 bridgehead atoms. The fourth-order valence-corrected chi connectivity index (χ4v) is 3.23. The molecule has 1 aromatic heterocycles. The van der Waals surface area contributed by atoms with Gasteiger partial charge in [0.2, 0.25) is 0 Å². The molecule has 4 nitrogen and oxygen atoms in total. The lowest BCUT2D eigenvalue weighted by Gasteiger charge is -2.10. The summed E-state index contributed by atoms with van der Waals surface area (Å²) in [5.41, 5.74) is 0.281. The molecule has 2 rings (SSSR count). The molecule has 0 unspecified atom stereocenters. The van der Waals surface area contributed by atoms with Crippen LogP contribution in [-0.4, -0.2) is 13.4 Å². The molecule has 0 aliphatic rings. The Morgan fingerprint density at radius 2 is 1.89 bits per heavy atom. The van der Waals surface area contributed by atoms with Gasteiger partial charge in [-0.3, -0.25) is 4.72 Å². The average molecular weight is 382 g/mol. The van der Waals surface area contributed by atoms with Gasteiger partial charge in [0.05, 0.1) is 15.6 Å². The Morgan fingerprint density at radius 3 is 2.58 bits per heavy atom. The second-order valence-electron chi connectivity index (χ2n) is 3.54. The first kappa shape index (κ1) is 14.6. The predicted octanol–water partition coefficient (Wildman–Crippen LogP) is 3.95. The Balaban J connectivity index is 2.39. The minimum absolute atomic E-state index is 0.0172. The van der Waals surface area contributed by atoms with Crippen molar-refractivity contribution in [2.24, 2.45) is 0 Å². The maximum absolute atomic E-state index is 12.1. The van der Waals surface area contributed by atoms with Crippen molar-refractivity contribution in [1.82, 2.24) is 4.98 Å². The lowest BCUT2D eigenvalue weighted by Crippen LogP contribution is -2.13. The second kappa shape index (κ2) is 5.66. The van der Waals surface area contributed by atoms with Gasteiger partial charge < -0.3 is 0 Å². The minimum Gasteiger partial charge on any atom is -0.278 e. The Bertz CT molecular complexity index is 722. The summed E-state index contributed by atoms with van der Waals surface area (Å²) in [6.45, 7) is 0. The fraction of sp³-hybridized carbons (Fsp3) is 0. The molecule has 1 aromatic carbocycles. The molecule has 0 radical (unpaired) electrons. The summed E-state index contributed by atoms with van der Waals surface area (Å²) in [6, 6.07) is 7.48. The van der Waals surface area contributed by atoms with Crippen LogP contribution in [-0.2, 0) is 10.0 Å². The molecule has 8 heteroatoms. The smallest absolute Gasteiger partial charge is 0.262 e. The Kier molecular flexibility index (Phi) is 4.35. The molecule has 1 N–H and O–H groups in total. The molecule has 0 aliphatic carbocycles. The van der Waals surface area contributed by atoms with Crippen molar-refractivity contribution >= 4 is 54.8 Å². The van der Waals surface area contributed by atoms with E-state index >= 15 is 0 Å². The van der Waals surface area contributed by atoms with Crippen molar-refractivity contribution in [3.05, 3.63) is 51.2 Å². The molecular formula is C11H7BrCl2N2O2S. The van der Waals surface area contributed by atoms with Crippen LogP contribution in [0.2, 0.25) is 10.2 Å². The quantitative estimate of drug-likeness (QED) is 0.818. The van der Waals surface area contributed by atoms with E-state index in [4.69, 9.17) is 23.2 Å². The van der Waals surface area contributed by atoms with Crippen LogP contribution in [0.5, 0.6) is 0 Å². The van der Waals surface area contributed by atoms with Gasteiger partial charge in [0, 0.05) is 10.7 Å². The topological polar surface area (TPSA) is 59.1 Å². The number of hydrogen-bond donors (Lipinski definition) is 1. The number of anilines is 1. The Morgan fingerprint density at radius 1 is 1.16 bits per heavy atom. The number of nitrogens with zero attached hydrogens (tertiary/aromatic N) is 1. The van der Waals surface area contributed by atoms with E-state index in [-0.39, 0.29) is 15.7 Å². The van der Waals surface area contributed by atoms with Crippen LogP contribution in [0.15, 0.2) is 45.9 Å². The molecule has 0 aliphatic heterocycles. The van der Waals surface area contributed by atoms with Gasteiger partial charge in [-0.05, 0) is 30.3 Å². The molecule has 0 saturated carbocycles. The Hall–Kier alpha value is -0.820. The minimum atomic E-state index is -3.75. The van der Waals surface area contributed by atoms with Crippen molar-refractivity contribution in [2.45, 2.75) is 4.90 Å². The number of benzene rings is 1. The highest BCUT2D eigenvalue weighted by Crippen LogP contribution is 2.28. The van der Waals surface area contributed by atoms with Crippen LogP contribution < -0.4 is 4.72 Å². The maximum atomic E-state index is 12.1. The lowest BCUT2D eigenvalue weighted by atomic mass is 10.3. The van der Waals surface area contributed by atoms with Gasteiger partial charge in [-0.2, -0.15) is 0 Å². The van der Waals surface area contributed by atoms with Crippen molar-refractivity contribution < 1.29 is 8.42 Å². The summed E-state index contributed by atoms with van der Waals surface area (Å²) in [5.74, 6) is 0. The lowest BCUT2D eigenvalue weighted by molar-refractivity contribution is 0.601. The van der Waals surface area contributed by atoms with Gasteiger partial charge in [-0.1, -0.05) is 39.1 Å². The molecule has 0 amide bonds. The van der Waals surface area contributed by atoms with E-state index in [1.807, 2.05) is 0 Å². The molecule has 1 heterocycles. The SMILES string of the molecule is O=S(=O)(Nc1cc(Br)ccc1Cl)c1ccnc(Cl)c1. The third kappa shape index (κ3) is 3.60. The zero-order valence-electron chi connectivity index (χ0n) is 9.27. The van der Waals surface area contributed by atoms with Crippen LogP contribution in [0.1, 0.15) is 0 Å². The van der Waals surface area contributed by atoms with Crippen molar-refractivity contribution in [2.75, 3.05) is 4.72 Å². The van der Waals surface area contributed by atoms with Gasteiger partial charge in [0.25, 0.3) is 10.0 Å². The van der Waals surface area contributed by atoms with E-state index in [2.05, 4.69) is 25.6 Å². The van der Waals surface area contributed by atoms with Gasteiger partial charge in [-0.15, -0.1) is 0 Å². The highest BCUT2D eigenvalue weighted by molar-refractivity contribution is 9.10. The zero-order chi connectivity index (χ0) is 14.0. The summed E-state index contributed by atoms with van der Waals surface area (Å²) in [7, 11) is -3.75. The fourth-order valence-electron chi connectivity index (χ4n) is 1.33. The van der Waals surface area contributed by atoms with Crippen LogP contribution in [0, 0.1) is 0 Å². The number of rotatable bonds is 3. The third-order valence-electron chi connectivity index (χ3n) is 2.18. The molecule has 19 heavy (non-hydrogen) atoms. The van der Waals surface area contributed by atoms with Gasteiger partial charge in [0.1, 0.15) is 5.15 Å². The van der Waals surface area contributed by atoms with Crippen LogP contribution in [0.4, 0.5) is 5.69 Å². The summed E-state index contributed by atoms with van der Waals surface area (Å²) in [4.78, 5) is 3.75. The van der Waals surface area contributed by atoms with Gasteiger partial charge >= 0.3 is 0 Å². The van der Waals surface area contributed by atoms with E-state index in [0.29, 0.717) is 9.50 Å². The van der Waals surface area contributed by atoms with Crippen molar-refractivity contribution in [3.8, 4) is 0 Å². The summed E-state index contributed by atoms with van der Waals surface area (Å²) >= 11 is 14.9. The first-order valence-corrected chi connectivity index (χ1v) is 8.01. The molecule has 0 fully saturated rings. The number of nitrogens with one attached hydrogen (secondary N) is 1. The van der Waals surface area contributed by atoms with Crippen LogP contribution >= 0.6 is 39.1 Å². The number of sulfonamides is 1. The first-order chi connectivity index (χ1) is 8.88. The van der Waals surface area contributed by atoms with Crippen molar-refractivity contribution in [1.29, 1.82) is 0 Å². The third-order valence-corrected chi connectivity index (χ3v) is 4.57. The largest absolute Gasteiger partial charge is 0.278 e. The van der Waals surface area contributed by atoms with E-state index in [0.717, 1.165) is 0 Å². The summed E-state index contributed by atoms with van der Waals surface area (Å²) < 4.78 is 27.4. The molecule has 100 valence electrons. The number of hydrogen-bond acceptors (Lipinski definition) is 3. The molecule has 2 aromatic rings. The highest BCUT2D eigenvalue weighted by atomic mass is 79.9. The second-order valence-corrected chi connectivity index (χ2v) is 6.94. The standard InChI is InChI=1S/C11H7BrCl2N2O2S/c12-7-1-2-9(13)10(5-7)16-19(17,18)8-3-4-15-11(14)6-8/h1-6,16H. The van der Waals surface area contributed by atoms with Crippen molar-refractivity contribution in [3.63, 3.8) is 0 Å². The average Bonchev–Trinajstić information content (AvgIpc) is 2.33. The van der Waals surface area contributed by atoms with Crippen LogP contribution in [0.3, 0.4) is 0 Å². The Labute approximate surface area is 128 Å². The van der Waals surface area contributed by atoms with E-state index in [1.54, 1.807) is 18.2 Å². The normalized spacial score (nSPS) is 11.3. The van der Waals surface area contributed by atoms with Gasteiger partial charge in [0.15, 0.2) is 0 Å². The van der Waals surface area contributed by atoms with E-state index < -0.39 is 10.0 Å². The zero-order valence-corrected chi connectivity index (χ0v) is 13.2. The number of halogens is 3. The molecule has 0 atom stereocenters. The van der Waals surface area contributed by atoms with Gasteiger partial charge in [-0.25, -0.2) is 13.4 Å². The molecule has 0 saturated heterocycles. The first-order valence-electron chi connectivity index (χ1n) is 4.98. The van der Waals surface area contributed by atoms with Crippen LogP contribution in [0.25, 0.3) is 0 Å². The number of aromatic nitrogens is 1.